The molecular formula is C13H16N4O2S. The minimum Gasteiger partial charge on any atom is -0.376 e. The first-order valence-corrected chi connectivity index (χ1v) is 6.46. The van der Waals surface area contributed by atoms with Gasteiger partial charge in [0.25, 0.3) is 5.91 Å². The van der Waals surface area contributed by atoms with Crippen LogP contribution in [-0.4, -0.2) is 37.0 Å². The monoisotopic (exact) mass is 292 g/mol. The van der Waals surface area contributed by atoms with Crippen LogP contribution >= 0.6 is 12.2 Å². The van der Waals surface area contributed by atoms with E-state index < -0.39 is 6.10 Å². The number of carbonyl (C=O) groups excluding carboxylic acids is 1. The van der Waals surface area contributed by atoms with E-state index in [1.54, 1.807) is 11.9 Å². The molecular weight excluding hydrogens is 276 g/mol. The molecule has 0 aromatic heterocycles. The van der Waals surface area contributed by atoms with Crippen molar-refractivity contribution in [1.82, 2.24) is 5.43 Å². The molecule has 1 aromatic rings. The summed E-state index contributed by atoms with van der Waals surface area (Å²) in [6.45, 7) is 0. The van der Waals surface area contributed by atoms with Gasteiger partial charge in [-0.05, 0) is 29.9 Å². The van der Waals surface area contributed by atoms with E-state index in [1.807, 2.05) is 24.3 Å². The lowest BCUT2D eigenvalue weighted by atomic mass is 10.0. The van der Waals surface area contributed by atoms with Gasteiger partial charge in [0, 0.05) is 26.3 Å². The molecule has 106 valence electrons. The quantitative estimate of drug-likeness (QED) is 0.798. The fourth-order valence-corrected chi connectivity index (χ4v) is 1.99. The second-order valence-corrected chi connectivity index (χ2v) is 4.83. The molecule has 1 heterocycles. The first kappa shape index (κ1) is 14.4. The first-order chi connectivity index (χ1) is 9.52. The van der Waals surface area contributed by atoms with Crippen LogP contribution in [-0.2, 0) is 9.53 Å². The third-order valence-corrected chi connectivity index (χ3v) is 3.45. The van der Waals surface area contributed by atoms with Crippen molar-refractivity contribution in [1.29, 1.82) is 0 Å². The van der Waals surface area contributed by atoms with E-state index in [9.17, 15) is 4.79 Å². The molecule has 1 aromatic carbocycles. The van der Waals surface area contributed by atoms with Crippen LogP contribution in [0.15, 0.2) is 29.4 Å². The first-order valence-electron chi connectivity index (χ1n) is 6.05. The van der Waals surface area contributed by atoms with Crippen LogP contribution in [0.5, 0.6) is 0 Å². The third kappa shape index (κ3) is 2.94. The van der Waals surface area contributed by atoms with E-state index in [2.05, 4.69) is 10.5 Å². The smallest absolute Gasteiger partial charge is 0.269 e. The Kier molecular flexibility index (Phi) is 4.31. The zero-order chi connectivity index (χ0) is 14.7. The Morgan fingerprint density at radius 2 is 2.15 bits per heavy atom. The second-order valence-electron chi connectivity index (χ2n) is 4.41. The van der Waals surface area contributed by atoms with Gasteiger partial charge in [-0.25, -0.2) is 5.43 Å². The summed E-state index contributed by atoms with van der Waals surface area (Å²) in [5.74, 6) is -0.221. The lowest BCUT2D eigenvalue weighted by Gasteiger charge is -2.21. The van der Waals surface area contributed by atoms with E-state index in [-0.39, 0.29) is 5.91 Å². The highest BCUT2D eigenvalue weighted by atomic mass is 32.1. The van der Waals surface area contributed by atoms with Gasteiger partial charge in [-0.3, -0.25) is 4.79 Å². The summed E-state index contributed by atoms with van der Waals surface area (Å²) in [6, 6.07) is 7.62. The Labute approximate surface area is 122 Å². The second kappa shape index (κ2) is 5.98. The summed E-state index contributed by atoms with van der Waals surface area (Å²) in [5, 5.41) is 4.37. The summed E-state index contributed by atoms with van der Waals surface area (Å²) in [6.07, 6.45) is -0.0474. The number of nitrogens with zero attached hydrogens (tertiary/aromatic N) is 2. The van der Waals surface area contributed by atoms with Gasteiger partial charge < -0.3 is 15.4 Å². The maximum atomic E-state index is 11.4. The van der Waals surface area contributed by atoms with Crippen molar-refractivity contribution in [3.05, 3.63) is 29.8 Å². The van der Waals surface area contributed by atoms with Crippen molar-refractivity contribution in [2.45, 2.75) is 12.5 Å². The van der Waals surface area contributed by atoms with Crippen molar-refractivity contribution in [3.63, 3.8) is 0 Å². The number of thiocarbonyl (C=S) groups is 1. The molecule has 6 nitrogen and oxygen atoms in total. The number of carbonyl (C=O) groups is 1. The molecule has 1 amide bonds. The average molecular weight is 292 g/mol. The minimum atomic E-state index is -0.499. The topological polar surface area (TPSA) is 80.0 Å². The van der Waals surface area contributed by atoms with Crippen LogP contribution in [0.4, 0.5) is 5.69 Å². The highest BCUT2D eigenvalue weighted by Gasteiger charge is 2.25. The molecule has 1 atom stereocenters. The summed E-state index contributed by atoms with van der Waals surface area (Å²) >= 11 is 4.92. The third-order valence-electron chi connectivity index (χ3n) is 3.18. The lowest BCUT2D eigenvalue weighted by molar-refractivity contribution is -0.131. The molecule has 0 saturated carbocycles. The van der Waals surface area contributed by atoms with Crippen LogP contribution in [0.1, 0.15) is 12.0 Å². The van der Waals surface area contributed by atoms with Gasteiger partial charge in [-0.2, -0.15) is 5.10 Å². The Balaban J connectivity index is 2.18. The van der Waals surface area contributed by atoms with Crippen LogP contribution < -0.4 is 16.1 Å². The predicted octanol–water partition coefficient (Wildman–Crippen LogP) is 0.605. The molecule has 0 spiro atoms. The number of hydrazone groups is 1. The molecule has 1 unspecified atom stereocenters. The standard InChI is InChI=1S/C13H16N4O2S/c1-17(13(14)20)9-5-3-8(4-6-9)10-7-11(19-2)12(18)16-15-10/h3-6,11H,7H2,1-2H3,(H2,14,20)(H,16,18). The van der Waals surface area contributed by atoms with Crippen molar-refractivity contribution in [2.75, 3.05) is 19.1 Å². The fourth-order valence-electron chi connectivity index (χ4n) is 1.89. The van der Waals surface area contributed by atoms with E-state index in [1.165, 1.54) is 7.11 Å². The van der Waals surface area contributed by atoms with E-state index >= 15 is 0 Å². The number of hydrogen-bond donors (Lipinski definition) is 2. The van der Waals surface area contributed by atoms with Gasteiger partial charge in [0.1, 0.15) is 6.10 Å². The van der Waals surface area contributed by atoms with Crippen LogP contribution in [0, 0.1) is 0 Å². The molecule has 0 radical (unpaired) electrons. The fraction of sp³-hybridized carbons (Fsp3) is 0.308. The minimum absolute atomic E-state index is 0.221. The summed E-state index contributed by atoms with van der Waals surface area (Å²) in [7, 11) is 3.31. The number of hydrogen-bond acceptors (Lipinski definition) is 4. The normalized spacial score (nSPS) is 18.2. The van der Waals surface area contributed by atoms with Crippen molar-refractivity contribution >= 4 is 34.6 Å². The van der Waals surface area contributed by atoms with E-state index in [0.29, 0.717) is 11.5 Å². The number of methoxy groups -OCH3 is 1. The predicted molar refractivity (Wildman–Crippen MR) is 81.7 cm³/mol. The number of ether oxygens (including phenoxy) is 1. The Morgan fingerprint density at radius 1 is 1.50 bits per heavy atom. The number of rotatable bonds is 3. The van der Waals surface area contributed by atoms with E-state index in [4.69, 9.17) is 22.7 Å². The maximum absolute atomic E-state index is 11.4. The molecule has 1 aliphatic rings. The van der Waals surface area contributed by atoms with Gasteiger partial charge in [-0.1, -0.05) is 12.1 Å². The van der Waals surface area contributed by atoms with Crippen molar-refractivity contribution in [3.8, 4) is 0 Å². The van der Waals surface area contributed by atoms with Gasteiger partial charge >= 0.3 is 0 Å². The van der Waals surface area contributed by atoms with E-state index in [0.717, 1.165) is 17.0 Å². The number of benzene rings is 1. The zero-order valence-corrected chi connectivity index (χ0v) is 12.1. The molecule has 3 N–H and O–H groups in total. The summed E-state index contributed by atoms with van der Waals surface area (Å²) < 4.78 is 5.11. The molecule has 20 heavy (non-hydrogen) atoms. The van der Waals surface area contributed by atoms with Crippen LogP contribution in [0.2, 0.25) is 0 Å². The SMILES string of the molecule is COC1CC(c2ccc(N(C)C(N)=S)cc2)=NNC1=O. The molecule has 0 aliphatic carbocycles. The molecule has 7 heteroatoms. The largest absolute Gasteiger partial charge is 0.376 e. The number of nitrogens with one attached hydrogen (secondary N) is 1. The van der Waals surface area contributed by atoms with Gasteiger partial charge in [0.2, 0.25) is 0 Å². The number of anilines is 1. The molecule has 0 bridgehead atoms. The Bertz CT molecular complexity index is 556. The summed E-state index contributed by atoms with van der Waals surface area (Å²) in [4.78, 5) is 13.2. The van der Waals surface area contributed by atoms with Crippen molar-refractivity contribution < 1.29 is 9.53 Å². The average Bonchev–Trinajstić information content (AvgIpc) is 2.47. The Morgan fingerprint density at radius 3 is 2.70 bits per heavy atom. The van der Waals surface area contributed by atoms with Gasteiger partial charge in [-0.15, -0.1) is 0 Å². The maximum Gasteiger partial charge on any atom is 0.269 e. The van der Waals surface area contributed by atoms with Crippen LogP contribution in [0.25, 0.3) is 0 Å². The molecule has 2 rings (SSSR count). The summed E-state index contributed by atoms with van der Waals surface area (Å²) in [5.41, 5.74) is 10.6. The zero-order valence-electron chi connectivity index (χ0n) is 11.3. The molecule has 0 saturated heterocycles. The number of amides is 1. The number of nitrogens with two attached hydrogens (primary N) is 1. The van der Waals surface area contributed by atoms with Crippen molar-refractivity contribution in [2.24, 2.45) is 10.8 Å². The lowest BCUT2D eigenvalue weighted by Crippen LogP contribution is -2.39. The highest BCUT2D eigenvalue weighted by Crippen LogP contribution is 2.17. The van der Waals surface area contributed by atoms with Crippen LogP contribution in [0.3, 0.4) is 0 Å². The highest BCUT2D eigenvalue weighted by molar-refractivity contribution is 7.80. The van der Waals surface area contributed by atoms with Gasteiger partial charge in [0.05, 0.1) is 5.71 Å². The molecule has 0 fully saturated rings. The molecule has 1 aliphatic heterocycles. The Hall–Kier alpha value is -1.99. The van der Waals surface area contributed by atoms with Gasteiger partial charge in [0.15, 0.2) is 5.11 Å².